The zero-order valence-corrected chi connectivity index (χ0v) is 44.5. The van der Waals surface area contributed by atoms with E-state index in [1.807, 2.05) is 26.0 Å². The molecule has 0 bridgehead atoms. The lowest BCUT2D eigenvalue weighted by atomic mass is 9.88. The molecule has 12 heteroatoms. The molecule has 0 spiro atoms. The van der Waals surface area contributed by atoms with E-state index in [4.69, 9.17) is 27.5 Å². The minimum absolute atomic E-state index is 0.0595. The summed E-state index contributed by atoms with van der Waals surface area (Å²) >= 11 is 0. The van der Waals surface area contributed by atoms with Gasteiger partial charge in [-0.1, -0.05) is 107 Å². The molecule has 60 heavy (non-hydrogen) atoms. The van der Waals surface area contributed by atoms with Crippen molar-refractivity contribution in [3.8, 4) is 0 Å². The molecule has 2 aliphatic heterocycles. The number of ether oxygens (including phenoxy) is 3. The highest BCUT2D eigenvalue weighted by molar-refractivity contribution is 6.74. The molecule has 0 unspecified atom stereocenters. The molecule has 0 aliphatic carbocycles. The fourth-order valence-electron chi connectivity index (χ4n) is 8.69. The standard InChI is InChI=1S/C48H90O9Si3/c1-19-40(56-59(20-2,21-3)22-4)37(10)45-41(53-45)34-47(15,57-60(23-5,24-6)25-7)31-26-27-35(8)44-36(9)28-29-42(52-38(11)49)48(16,51)32-30-39(33-43(50)54-44)55-58(17,18)46(12,13)14/h26-29,31,36-37,39-42,44-45,51H,19-25,30,32-34H2,1-18H3/b29-28-,31-26+,35-27+/t36-,37+,39+,40-,41+,42-,44+,45-,47-,48+/m0/s1. The Bertz CT molecular complexity index is 1430. The molecule has 0 aromatic carbocycles. The SMILES string of the molecule is CC[C@H](O[Si](CC)(CC)CC)[C@@H](C)[C@@H]1O[C@@H]1C[C@](C)(/C=C/C=C(\C)[C@H]1OC(=O)C[C@H](O[Si](C)(C)C(C)(C)C)CC[C@@](C)(O)[C@@H](OC(C)=O)/C=C\[C@@H]1C)O[Si](CC)(CC)CC. The zero-order valence-electron chi connectivity index (χ0n) is 41.5. The van der Waals surface area contributed by atoms with Crippen molar-refractivity contribution in [2.75, 3.05) is 0 Å². The van der Waals surface area contributed by atoms with Crippen LogP contribution in [0.4, 0.5) is 0 Å². The highest BCUT2D eigenvalue weighted by Crippen LogP contribution is 2.43. The average Bonchev–Trinajstić information content (AvgIpc) is 3.94. The molecular formula is C48H90O9Si3. The quantitative estimate of drug-likeness (QED) is 0.0396. The fourth-order valence-corrected chi connectivity index (χ4v) is 16.2. The minimum Gasteiger partial charge on any atom is -0.457 e. The maximum Gasteiger partial charge on any atom is 0.308 e. The van der Waals surface area contributed by atoms with Gasteiger partial charge in [-0.3, -0.25) is 9.59 Å². The van der Waals surface area contributed by atoms with Crippen molar-refractivity contribution in [3.05, 3.63) is 36.0 Å². The van der Waals surface area contributed by atoms with Gasteiger partial charge in [0, 0.05) is 31.3 Å². The molecule has 0 amide bonds. The topological polar surface area (TPSA) is 113 Å². The largest absolute Gasteiger partial charge is 0.457 e. The van der Waals surface area contributed by atoms with E-state index in [2.05, 4.69) is 108 Å². The van der Waals surface area contributed by atoms with Crippen LogP contribution in [0, 0.1) is 11.8 Å². The number of carbonyl (C=O) groups is 2. The summed E-state index contributed by atoms with van der Waals surface area (Å²) in [7, 11) is -6.09. The molecule has 348 valence electrons. The first-order valence-electron chi connectivity index (χ1n) is 23.6. The summed E-state index contributed by atoms with van der Waals surface area (Å²) in [6, 6.07) is 6.52. The molecule has 0 aromatic rings. The molecule has 9 nitrogen and oxygen atoms in total. The van der Waals surface area contributed by atoms with E-state index in [9.17, 15) is 14.7 Å². The van der Waals surface area contributed by atoms with E-state index in [0.29, 0.717) is 12.3 Å². The number of cyclic esters (lactones) is 1. The predicted octanol–water partition coefficient (Wildman–Crippen LogP) is 12.2. The molecule has 0 saturated carbocycles. The lowest BCUT2D eigenvalue weighted by Crippen LogP contribution is -2.46. The van der Waals surface area contributed by atoms with Gasteiger partial charge in [-0.2, -0.15) is 0 Å². The predicted molar refractivity (Wildman–Crippen MR) is 255 cm³/mol. The van der Waals surface area contributed by atoms with E-state index in [-0.39, 0.29) is 48.1 Å². The smallest absolute Gasteiger partial charge is 0.308 e. The second-order valence-electron chi connectivity index (χ2n) is 20.2. The highest BCUT2D eigenvalue weighted by Gasteiger charge is 2.51. The van der Waals surface area contributed by atoms with Crippen LogP contribution in [0.3, 0.4) is 0 Å². The number of carbonyl (C=O) groups excluding carboxylic acids is 2. The Labute approximate surface area is 370 Å². The third-order valence-corrected chi connectivity index (χ3v) is 28.5. The third-order valence-electron chi connectivity index (χ3n) is 14.6. The van der Waals surface area contributed by atoms with Gasteiger partial charge in [0.05, 0.1) is 30.3 Å². The molecule has 10 atom stereocenters. The first-order chi connectivity index (χ1) is 27.7. The van der Waals surface area contributed by atoms with Crippen molar-refractivity contribution in [3.63, 3.8) is 0 Å². The maximum atomic E-state index is 13.9. The van der Waals surface area contributed by atoms with Gasteiger partial charge >= 0.3 is 11.9 Å². The van der Waals surface area contributed by atoms with Crippen LogP contribution < -0.4 is 0 Å². The summed E-state index contributed by atoms with van der Waals surface area (Å²) in [5.74, 6) is -0.815. The number of hydrogen-bond acceptors (Lipinski definition) is 9. The van der Waals surface area contributed by atoms with E-state index in [0.717, 1.165) is 54.7 Å². The van der Waals surface area contributed by atoms with Crippen molar-refractivity contribution in [2.24, 2.45) is 11.8 Å². The Morgan fingerprint density at radius 2 is 1.53 bits per heavy atom. The number of epoxide rings is 1. The first-order valence-corrected chi connectivity index (χ1v) is 31.6. The molecule has 1 fully saturated rings. The van der Waals surface area contributed by atoms with Gasteiger partial charge in [0.25, 0.3) is 0 Å². The Balaban J connectivity index is 2.53. The average molecular weight is 895 g/mol. The minimum atomic E-state index is -2.29. The van der Waals surface area contributed by atoms with Gasteiger partial charge in [0.2, 0.25) is 0 Å². The van der Waals surface area contributed by atoms with Gasteiger partial charge in [-0.15, -0.1) is 0 Å². The summed E-state index contributed by atoms with van der Waals surface area (Å²) in [5, 5.41) is 11.6. The van der Waals surface area contributed by atoms with Crippen LogP contribution in [0.2, 0.25) is 54.4 Å². The number of rotatable bonds is 21. The van der Waals surface area contributed by atoms with Gasteiger partial charge in [0.15, 0.2) is 25.0 Å². The first kappa shape index (κ1) is 54.7. The summed E-state index contributed by atoms with van der Waals surface area (Å²) in [6.07, 6.45) is 10.8. The molecule has 1 saturated heterocycles. The summed E-state index contributed by atoms with van der Waals surface area (Å²) in [6.45, 7) is 38.3. The summed E-state index contributed by atoms with van der Waals surface area (Å²) < 4.78 is 39.7. The van der Waals surface area contributed by atoms with Gasteiger partial charge in [-0.05, 0) is 106 Å². The second-order valence-corrected chi connectivity index (χ2v) is 34.4. The highest BCUT2D eigenvalue weighted by atomic mass is 28.4. The summed E-state index contributed by atoms with van der Waals surface area (Å²) in [5.41, 5.74) is -1.07. The Hall–Kier alpha value is -1.39. The third kappa shape index (κ3) is 15.4. The second kappa shape index (κ2) is 23.0. The van der Waals surface area contributed by atoms with Crippen molar-refractivity contribution in [1.29, 1.82) is 0 Å². The van der Waals surface area contributed by atoms with Crippen molar-refractivity contribution >= 4 is 36.9 Å². The maximum absolute atomic E-state index is 13.9. The van der Waals surface area contributed by atoms with Crippen LogP contribution >= 0.6 is 0 Å². The lowest BCUT2D eigenvalue weighted by Gasteiger charge is -2.40. The van der Waals surface area contributed by atoms with E-state index in [1.54, 1.807) is 13.0 Å². The molecule has 2 aliphatic rings. The number of aliphatic hydroxyl groups is 1. The van der Waals surface area contributed by atoms with Crippen LogP contribution in [0.25, 0.3) is 0 Å². The van der Waals surface area contributed by atoms with Crippen LogP contribution in [0.5, 0.6) is 0 Å². The number of esters is 2. The molecule has 2 rings (SSSR count). The number of hydrogen-bond donors (Lipinski definition) is 1. The van der Waals surface area contributed by atoms with Crippen LogP contribution in [0.15, 0.2) is 36.0 Å². The van der Waals surface area contributed by atoms with Crippen molar-refractivity contribution in [2.45, 2.75) is 245 Å². The van der Waals surface area contributed by atoms with Crippen LogP contribution in [-0.4, -0.2) is 89.8 Å². The Kier molecular flexibility index (Phi) is 21.0. The number of allylic oxidation sites excluding steroid dienone is 2. The molecule has 0 radical (unpaired) electrons. The van der Waals surface area contributed by atoms with Crippen LogP contribution in [-0.2, 0) is 37.1 Å². The molecular weight excluding hydrogens is 805 g/mol. The normalized spacial score (nSPS) is 29.2. The van der Waals surface area contributed by atoms with E-state index >= 15 is 0 Å². The lowest BCUT2D eigenvalue weighted by molar-refractivity contribution is -0.157. The molecule has 2 heterocycles. The Morgan fingerprint density at radius 3 is 2.03 bits per heavy atom. The van der Waals surface area contributed by atoms with E-state index < -0.39 is 60.4 Å². The van der Waals surface area contributed by atoms with Gasteiger partial charge in [-0.25, -0.2) is 0 Å². The van der Waals surface area contributed by atoms with Gasteiger partial charge < -0.3 is 32.6 Å². The van der Waals surface area contributed by atoms with Crippen molar-refractivity contribution < 1.29 is 42.2 Å². The monoisotopic (exact) mass is 895 g/mol. The van der Waals surface area contributed by atoms with Crippen molar-refractivity contribution in [1.82, 2.24) is 0 Å². The Morgan fingerprint density at radius 1 is 0.967 bits per heavy atom. The zero-order chi connectivity index (χ0) is 45.9. The summed E-state index contributed by atoms with van der Waals surface area (Å²) in [4.78, 5) is 26.1. The van der Waals surface area contributed by atoms with Crippen LogP contribution in [0.1, 0.15) is 143 Å². The molecule has 1 N–H and O–H groups in total. The fraction of sp³-hybridized carbons (Fsp3) is 0.833. The van der Waals surface area contributed by atoms with Gasteiger partial charge in [0.1, 0.15) is 17.8 Å². The van der Waals surface area contributed by atoms with E-state index in [1.165, 1.54) is 6.92 Å². The molecule has 0 aromatic heterocycles.